The van der Waals surface area contributed by atoms with E-state index in [0.717, 1.165) is 22.8 Å². The first-order valence-electron chi connectivity index (χ1n) is 18.1. The van der Waals surface area contributed by atoms with Crippen LogP contribution in [0.4, 0.5) is 10.1 Å². The maximum absolute atomic E-state index is 15.3. The topological polar surface area (TPSA) is 272 Å². The van der Waals surface area contributed by atoms with E-state index in [9.17, 15) is 39.9 Å². The fourth-order valence-corrected chi connectivity index (χ4v) is 7.06. The number of hydrogen-bond acceptors (Lipinski definition) is 13. The van der Waals surface area contributed by atoms with Crippen molar-refractivity contribution in [2.75, 3.05) is 38.1 Å². The number of carboxylic acids is 1. The van der Waals surface area contributed by atoms with Gasteiger partial charge in [-0.2, -0.15) is 4.68 Å². The van der Waals surface area contributed by atoms with Crippen molar-refractivity contribution in [1.82, 2.24) is 30.0 Å². The minimum Gasteiger partial charge on any atom is -0.483 e. The van der Waals surface area contributed by atoms with E-state index in [1.807, 2.05) is 17.0 Å². The standard InChI is InChI=1S/C38H39ClFN7O9.CH2O2/c39-28-9-10-29(47-20-41-43-44-47)27(33(28)40)8-11-32(51)46-17-14-25-24(21-12-15-45(16-13-21)18-30(49)35(52)36(53)31(50)19-48)2-1-3-26(25)34(46)37(54)42-23-6-4-22(5-7-23)38(55)56;2-1-3/h1-12,20,30-31,34-36,48-50,52-53H,13-19H2,(H,42,54)(H,55,56);1H,(H,2,3)/b11-8+;/t30?,31?,34-,35?,36?;/m0./s1. The third-order valence-electron chi connectivity index (χ3n) is 9.86. The van der Waals surface area contributed by atoms with Gasteiger partial charge in [0.2, 0.25) is 5.91 Å². The highest BCUT2D eigenvalue weighted by Crippen LogP contribution is 2.37. The second-order valence-electron chi connectivity index (χ2n) is 13.5. The maximum atomic E-state index is 15.3. The van der Waals surface area contributed by atoms with Gasteiger partial charge in [0.15, 0.2) is 5.82 Å². The van der Waals surface area contributed by atoms with E-state index in [0.29, 0.717) is 37.2 Å². The number of nitrogens with one attached hydrogen (secondary N) is 1. The number of aliphatic hydroxyl groups is 5. The van der Waals surface area contributed by atoms with E-state index >= 15 is 4.39 Å². The molecule has 6 rings (SSSR count). The van der Waals surface area contributed by atoms with Crippen molar-refractivity contribution in [3.63, 3.8) is 0 Å². The molecule has 1 aromatic heterocycles. The molecule has 0 fully saturated rings. The molecule has 0 spiro atoms. The van der Waals surface area contributed by atoms with Gasteiger partial charge < -0.3 is 46.0 Å². The number of hydrogen-bond donors (Lipinski definition) is 8. The van der Waals surface area contributed by atoms with Gasteiger partial charge in [-0.25, -0.2) is 9.18 Å². The molecule has 4 unspecified atom stereocenters. The fourth-order valence-electron chi connectivity index (χ4n) is 6.89. The molecule has 0 saturated heterocycles. The van der Waals surface area contributed by atoms with Crippen LogP contribution in [0.1, 0.15) is 45.1 Å². The monoisotopic (exact) mass is 837 g/mol. The predicted octanol–water partition coefficient (Wildman–Crippen LogP) is 1.16. The average Bonchev–Trinajstić information content (AvgIpc) is 3.78. The molecule has 0 radical (unpaired) electrons. The van der Waals surface area contributed by atoms with Crippen LogP contribution in [0.25, 0.3) is 17.3 Å². The Hall–Kier alpha value is -5.93. The number of β-amino-alcohol motifs (C(OH)–C–C–N with tert-alkyl or cyclic N) is 1. The first kappa shape index (κ1) is 44.2. The molecule has 18 nitrogen and oxygen atoms in total. The Kier molecular flexibility index (Phi) is 15.1. The first-order valence-corrected chi connectivity index (χ1v) is 18.5. The minimum atomic E-state index is -1.73. The van der Waals surface area contributed by atoms with E-state index in [-0.39, 0.29) is 41.4 Å². The van der Waals surface area contributed by atoms with Gasteiger partial charge in [0, 0.05) is 43.5 Å². The highest BCUT2D eigenvalue weighted by atomic mass is 35.5. The highest BCUT2D eigenvalue weighted by Gasteiger charge is 2.37. The van der Waals surface area contributed by atoms with Gasteiger partial charge in [-0.3, -0.25) is 19.3 Å². The summed E-state index contributed by atoms with van der Waals surface area (Å²) in [5, 5.41) is 79.3. The first-order chi connectivity index (χ1) is 28.3. The normalized spacial score (nSPS) is 17.4. The Bertz CT molecular complexity index is 2190. The molecule has 0 bridgehead atoms. The third kappa shape index (κ3) is 10.4. The van der Waals surface area contributed by atoms with E-state index in [4.69, 9.17) is 26.6 Å². The van der Waals surface area contributed by atoms with Crippen molar-refractivity contribution in [3.05, 3.63) is 112 Å². The van der Waals surface area contributed by atoms with Crippen LogP contribution in [-0.2, 0) is 20.8 Å². The average molecular weight is 838 g/mol. The molecular weight excluding hydrogens is 797 g/mol. The number of carbonyl (C=O) groups is 4. The number of carboxylic acid groups (broad SMARTS) is 2. The van der Waals surface area contributed by atoms with Gasteiger partial charge in [0.1, 0.15) is 30.7 Å². The van der Waals surface area contributed by atoms with Gasteiger partial charge >= 0.3 is 5.97 Å². The van der Waals surface area contributed by atoms with E-state index in [1.54, 1.807) is 12.1 Å². The van der Waals surface area contributed by atoms with Gasteiger partial charge in [0.05, 0.1) is 29.0 Å². The maximum Gasteiger partial charge on any atom is 0.335 e. The molecule has 4 aromatic rings. The zero-order valence-corrected chi connectivity index (χ0v) is 31.9. The minimum absolute atomic E-state index is 0.0103. The lowest BCUT2D eigenvalue weighted by molar-refractivity contribution is -0.135. The number of aromatic nitrogens is 4. The number of aromatic carboxylic acids is 1. The van der Waals surface area contributed by atoms with Gasteiger partial charge in [0.25, 0.3) is 12.4 Å². The molecular formula is C39H41ClFN7O11. The molecule has 3 aromatic carbocycles. The second-order valence-corrected chi connectivity index (χ2v) is 13.9. The van der Waals surface area contributed by atoms with Crippen molar-refractivity contribution < 1.29 is 59.3 Å². The van der Waals surface area contributed by atoms with Crippen LogP contribution < -0.4 is 5.32 Å². The smallest absolute Gasteiger partial charge is 0.335 e. The summed E-state index contributed by atoms with van der Waals surface area (Å²) in [6.45, 7) is -0.0909. The van der Waals surface area contributed by atoms with Crippen LogP contribution in [-0.4, -0.2) is 147 Å². The molecule has 312 valence electrons. The number of rotatable bonds is 13. The van der Waals surface area contributed by atoms with E-state index < -0.39 is 60.7 Å². The number of benzene rings is 3. The summed E-state index contributed by atoms with van der Waals surface area (Å²) >= 11 is 6.08. The number of halogens is 2. The van der Waals surface area contributed by atoms with Crippen molar-refractivity contribution >= 4 is 53.2 Å². The molecule has 59 heavy (non-hydrogen) atoms. The Morgan fingerprint density at radius 1 is 0.983 bits per heavy atom. The summed E-state index contributed by atoms with van der Waals surface area (Å²) in [6, 6.07) is 12.7. The quantitative estimate of drug-likeness (QED) is 0.0694. The Morgan fingerprint density at radius 2 is 1.69 bits per heavy atom. The number of nitrogens with zero attached hydrogens (tertiary/aromatic N) is 6. The van der Waals surface area contributed by atoms with E-state index in [1.165, 1.54) is 58.4 Å². The number of carbonyl (C=O) groups excluding carboxylic acids is 2. The molecule has 5 atom stereocenters. The zero-order chi connectivity index (χ0) is 42.8. The van der Waals surface area contributed by atoms with Gasteiger partial charge in [-0.1, -0.05) is 35.9 Å². The largest absolute Gasteiger partial charge is 0.483 e. The van der Waals surface area contributed by atoms with Crippen LogP contribution in [0.5, 0.6) is 0 Å². The molecule has 0 aliphatic carbocycles. The zero-order valence-electron chi connectivity index (χ0n) is 31.1. The van der Waals surface area contributed by atoms with Crippen molar-refractivity contribution in [3.8, 4) is 5.69 Å². The van der Waals surface area contributed by atoms with Crippen LogP contribution in [0.15, 0.2) is 73.1 Å². The van der Waals surface area contributed by atoms with Crippen LogP contribution >= 0.6 is 11.6 Å². The highest BCUT2D eigenvalue weighted by molar-refractivity contribution is 6.31. The van der Waals surface area contributed by atoms with Crippen LogP contribution in [0.3, 0.4) is 0 Å². The van der Waals surface area contributed by atoms with E-state index in [2.05, 4.69) is 20.8 Å². The number of aliphatic hydroxyl groups excluding tert-OH is 5. The number of anilines is 1. The molecule has 2 aliphatic rings. The molecule has 2 aliphatic heterocycles. The number of tetrazole rings is 1. The van der Waals surface area contributed by atoms with Crippen molar-refractivity contribution in [2.45, 2.75) is 43.3 Å². The van der Waals surface area contributed by atoms with Crippen molar-refractivity contribution in [1.29, 1.82) is 0 Å². The molecule has 20 heteroatoms. The second kappa shape index (κ2) is 20.2. The Labute approximate surface area is 340 Å². The molecule has 3 heterocycles. The van der Waals surface area contributed by atoms with Crippen LogP contribution in [0.2, 0.25) is 5.02 Å². The number of fused-ring (bicyclic) bond motifs is 1. The Balaban J connectivity index is 0.00000214. The number of amides is 2. The Morgan fingerprint density at radius 3 is 2.32 bits per heavy atom. The lowest BCUT2D eigenvalue weighted by atomic mass is 9.84. The summed E-state index contributed by atoms with van der Waals surface area (Å²) in [5.41, 5.74) is 3.69. The van der Waals surface area contributed by atoms with Gasteiger partial charge in [-0.15, -0.1) is 5.10 Å². The van der Waals surface area contributed by atoms with Gasteiger partial charge in [-0.05, 0) is 88.0 Å². The SMILES string of the molecule is O=C(O)c1ccc(NC(=O)[C@@H]2c3cccc(C4=CCN(CC(O)C(O)C(O)C(O)CO)CC4)c3CCN2C(=O)/C=C/c2c(-n3cnnn3)ccc(Cl)c2F)cc1.O=CO. The summed E-state index contributed by atoms with van der Waals surface area (Å²) in [5.74, 6) is -3.11. The van der Waals surface area contributed by atoms with Crippen LogP contribution in [0, 0.1) is 5.82 Å². The lowest BCUT2D eigenvalue weighted by Gasteiger charge is -2.37. The third-order valence-corrected chi connectivity index (χ3v) is 10.2. The summed E-state index contributed by atoms with van der Waals surface area (Å²) in [4.78, 5) is 51.2. The molecule has 2 amide bonds. The summed E-state index contributed by atoms with van der Waals surface area (Å²) < 4.78 is 16.6. The molecule has 8 N–H and O–H groups in total. The lowest BCUT2D eigenvalue weighted by Crippen LogP contribution is -2.50. The van der Waals surface area contributed by atoms with Crippen molar-refractivity contribution in [2.24, 2.45) is 0 Å². The predicted molar refractivity (Wildman–Crippen MR) is 209 cm³/mol. The molecule has 0 saturated carbocycles. The fraction of sp³-hybridized carbons (Fsp3) is 0.308. The summed E-state index contributed by atoms with van der Waals surface area (Å²) in [6.07, 6.45) is 0.0740. The summed E-state index contributed by atoms with van der Waals surface area (Å²) in [7, 11) is 0.